The summed E-state index contributed by atoms with van der Waals surface area (Å²) in [6.07, 6.45) is 1.98. The zero-order valence-corrected chi connectivity index (χ0v) is 20.8. The highest BCUT2D eigenvalue weighted by molar-refractivity contribution is 7.99. The van der Waals surface area contributed by atoms with Crippen LogP contribution in [-0.4, -0.2) is 21.9 Å². The Balaban J connectivity index is 1.36. The van der Waals surface area contributed by atoms with Crippen molar-refractivity contribution in [3.63, 3.8) is 0 Å². The van der Waals surface area contributed by atoms with Gasteiger partial charge in [-0.3, -0.25) is 0 Å². The third-order valence-corrected chi connectivity index (χ3v) is 7.42. The molecule has 36 heavy (non-hydrogen) atoms. The number of aliphatic hydroxyl groups excluding tert-OH is 1. The SMILES string of the molecule is NCc1cccc(-c2ccc([C@H]3O[C@@H](CSc4ccccn4)C[C@@H](c4ccc(CO)cc4)O3)cc2)c1. The molecular weight excluding hydrogens is 468 g/mol. The van der Waals surface area contributed by atoms with E-state index < -0.39 is 6.29 Å². The maximum absolute atomic E-state index is 9.42. The Bertz CT molecular complexity index is 1250. The summed E-state index contributed by atoms with van der Waals surface area (Å²) in [5, 5.41) is 10.4. The van der Waals surface area contributed by atoms with Gasteiger partial charge in [0.25, 0.3) is 0 Å². The van der Waals surface area contributed by atoms with Crippen molar-refractivity contribution < 1.29 is 14.6 Å². The number of pyridine rings is 1. The maximum Gasteiger partial charge on any atom is 0.184 e. The lowest BCUT2D eigenvalue weighted by atomic mass is 9.99. The highest BCUT2D eigenvalue weighted by Gasteiger charge is 2.32. The molecule has 1 aromatic heterocycles. The predicted molar refractivity (Wildman–Crippen MR) is 143 cm³/mol. The molecule has 6 heteroatoms. The smallest absolute Gasteiger partial charge is 0.184 e. The highest BCUT2D eigenvalue weighted by atomic mass is 32.2. The molecule has 5 nitrogen and oxygen atoms in total. The highest BCUT2D eigenvalue weighted by Crippen LogP contribution is 2.39. The standard InChI is InChI=1S/C30H30N2O3S/c31-18-22-4-3-5-26(16-22)23-11-13-25(14-12-23)30-34-27(20-36-29-6-1-2-15-32-29)17-28(35-30)24-9-7-21(19-33)8-10-24/h1-16,27-28,30,33H,17-20,31H2/t27-,28+,30+/m1/s1. The fourth-order valence-corrected chi connectivity index (χ4v) is 5.23. The molecule has 0 spiro atoms. The molecule has 4 aromatic rings. The normalized spacial score (nSPS) is 19.8. The second kappa shape index (κ2) is 11.8. The number of aliphatic hydroxyl groups is 1. The summed E-state index contributed by atoms with van der Waals surface area (Å²) in [6.45, 7) is 0.551. The van der Waals surface area contributed by atoms with E-state index >= 15 is 0 Å². The molecule has 1 aliphatic rings. The van der Waals surface area contributed by atoms with Crippen LogP contribution in [0, 0.1) is 0 Å². The lowest BCUT2D eigenvalue weighted by molar-refractivity contribution is -0.245. The molecule has 5 rings (SSSR count). The average molecular weight is 499 g/mol. The van der Waals surface area contributed by atoms with E-state index in [1.807, 2.05) is 60.8 Å². The van der Waals surface area contributed by atoms with Gasteiger partial charge in [-0.05, 0) is 46.0 Å². The molecular formula is C30H30N2O3S. The first kappa shape index (κ1) is 24.7. The topological polar surface area (TPSA) is 77.6 Å². The van der Waals surface area contributed by atoms with Gasteiger partial charge in [0.1, 0.15) is 0 Å². The first-order valence-corrected chi connectivity index (χ1v) is 13.1. The number of ether oxygens (including phenoxy) is 2. The van der Waals surface area contributed by atoms with Crippen molar-refractivity contribution in [2.24, 2.45) is 5.73 Å². The molecule has 1 fully saturated rings. The Kier molecular flexibility index (Phi) is 8.11. The van der Waals surface area contributed by atoms with Crippen LogP contribution in [0.1, 0.15) is 41.1 Å². The molecule has 0 bridgehead atoms. The van der Waals surface area contributed by atoms with Crippen molar-refractivity contribution in [3.05, 3.63) is 119 Å². The summed E-state index contributed by atoms with van der Waals surface area (Å²) in [4.78, 5) is 4.43. The number of nitrogens with two attached hydrogens (primary N) is 1. The first-order chi connectivity index (χ1) is 17.7. The Morgan fingerprint density at radius 3 is 2.36 bits per heavy atom. The number of hydrogen-bond donors (Lipinski definition) is 2. The van der Waals surface area contributed by atoms with Crippen LogP contribution in [-0.2, 0) is 22.6 Å². The minimum Gasteiger partial charge on any atom is -0.392 e. The second-order valence-corrected chi connectivity index (χ2v) is 9.90. The van der Waals surface area contributed by atoms with Gasteiger partial charge in [0.05, 0.1) is 23.8 Å². The second-order valence-electron chi connectivity index (χ2n) is 8.86. The third-order valence-electron chi connectivity index (χ3n) is 6.35. The minimum absolute atomic E-state index is 0.000753. The Morgan fingerprint density at radius 2 is 1.64 bits per heavy atom. The third kappa shape index (κ3) is 6.03. The van der Waals surface area contributed by atoms with Crippen LogP contribution < -0.4 is 5.73 Å². The van der Waals surface area contributed by atoms with Crippen LogP contribution in [0.3, 0.4) is 0 Å². The minimum atomic E-state index is -0.472. The quantitative estimate of drug-likeness (QED) is 0.289. The molecule has 3 aromatic carbocycles. The van der Waals surface area contributed by atoms with E-state index in [0.717, 1.165) is 50.6 Å². The largest absolute Gasteiger partial charge is 0.392 e. The lowest BCUT2D eigenvalue weighted by Gasteiger charge is -2.36. The van der Waals surface area contributed by atoms with E-state index in [9.17, 15) is 5.11 Å². The number of aromatic nitrogens is 1. The van der Waals surface area contributed by atoms with Gasteiger partial charge in [0.15, 0.2) is 6.29 Å². The van der Waals surface area contributed by atoms with Crippen molar-refractivity contribution in [1.29, 1.82) is 0 Å². The zero-order chi connectivity index (χ0) is 24.7. The van der Waals surface area contributed by atoms with E-state index in [1.165, 1.54) is 0 Å². The number of nitrogens with zero attached hydrogens (tertiary/aromatic N) is 1. The van der Waals surface area contributed by atoms with Gasteiger partial charge in [0, 0.05) is 30.5 Å². The van der Waals surface area contributed by atoms with E-state index in [2.05, 4.69) is 41.4 Å². The number of hydrogen-bond acceptors (Lipinski definition) is 6. The van der Waals surface area contributed by atoms with Gasteiger partial charge in [-0.25, -0.2) is 4.98 Å². The Hall–Kier alpha value is -3.00. The first-order valence-electron chi connectivity index (χ1n) is 12.2. The summed E-state index contributed by atoms with van der Waals surface area (Å²) >= 11 is 1.70. The van der Waals surface area contributed by atoms with Gasteiger partial charge in [-0.2, -0.15) is 0 Å². The Labute approximate surface area is 216 Å². The van der Waals surface area contributed by atoms with Crippen LogP contribution in [0.2, 0.25) is 0 Å². The van der Waals surface area contributed by atoms with Crippen molar-refractivity contribution in [3.8, 4) is 11.1 Å². The van der Waals surface area contributed by atoms with E-state index in [-0.39, 0.29) is 18.8 Å². The fourth-order valence-electron chi connectivity index (χ4n) is 4.34. The molecule has 2 heterocycles. The van der Waals surface area contributed by atoms with E-state index in [4.69, 9.17) is 15.2 Å². The summed E-state index contributed by atoms with van der Waals surface area (Å²) in [5.74, 6) is 0.784. The van der Waals surface area contributed by atoms with Gasteiger partial charge >= 0.3 is 0 Å². The van der Waals surface area contributed by atoms with E-state index in [0.29, 0.717) is 6.54 Å². The lowest BCUT2D eigenvalue weighted by Crippen LogP contribution is -2.31. The molecule has 0 unspecified atom stereocenters. The predicted octanol–water partition coefficient (Wildman–Crippen LogP) is 6.04. The van der Waals surface area contributed by atoms with Gasteiger partial charge < -0.3 is 20.3 Å². The van der Waals surface area contributed by atoms with Gasteiger partial charge in [0.2, 0.25) is 0 Å². The average Bonchev–Trinajstić information content (AvgIpc) is 2.96. The van der Waals surface area contributed by atoms with Crippen LogP contribution in [0.25, 0.3) is 11.1 Å². The van der Waals surface area contributed by atoms with Crippen molar-refractivity contribution in [1.82, 2.24) is 4.98 Å². The molecule has 3 atom stereocenters. The molecule has 184 valence electrons. The molecule has 0 saturated carbocycles. The van der Waals surface area contributed by atoms with Crippen molar-refractivity contribution in [2.75, 3.05) is 5.75 Å². The molecule has 3 N–H and O–H groups in total. The van der Waals surface area contributed by atoms with Crippen LogP contribution >= 0.6 is 11.8 Å². The number of benzene rings is 3. The van der Waals surface area contributed by atoms with E-state index in [1.54, 1.807) is 11.8 Å². The summed E-state index contributed by atoms with van der Waals surface area (Å²) in [6, 6.07) is 30.6. The molecule has 1 aliphatic heterocycles. The summed E-state index contributed by atoms with van der Waals surface area (Å²) in [5.41, 5.74) is 12.2. The number of thioether (sulfide) groups is 1. The van der Waals surface area contributed by atoms with Crippen molar-refractivity contribution >= 4 is 11.8 Å². The molecule has 0 radical (unpaired) electrons. The molecule has 1 saturated heterocycles. The van der Waals surface area contributed by atoms with Gasteiger partial charge in [-0.15, -0.1) is 11.8 Å². The monoisotopic (exact) mass is 498 g/mol. The van der Waals surface area contributed by atoms with Crippen LogP contribution in [0.15, 0.2) is 102 Å². The maximum atomic E-state index is 9.42. The van der Waals surface area contributed by atoms with Crippen LogP contribution in [0.5, 0.6) is 0 Å². The summed E-state index contributed by atoms with van der Waals surface area (Å²) < 4.78 is 12.9. The fraction of sp³-hybridized carbons (Fsp3) is 0.233. The molecule has 0 amide bonds. The number of rotatable bonds is 8. The Morgan fingerprint density at radius 1 is 0.833 bits per heavy atom. The zero-order valence-electron chi connectivity index (χ0n) is 20.0. The summed E-state index contributed by atoms with van der Waals surface area (Å²) in [7, 11) is 0. The molecule has 0 aliphatic carbocycles. The van der Waals surface area contributed by atoms with Crippen molar-refractivity contribution in [2.45, 2.75) is 43.1 Å². The van der Waals surface area contributed by atoms with Crippen LogP contribution in [0.4, 0.5) is 0 Å². The van der Waals surface area contributed by atoms with Gasteiger partial charge in [-0.1, -0.05) is 72.8 Å².